The molecular weight excluding hydrogens is 1880 g/mol. The summed E-state index contributed by atoms with van der Waals surface area (Å²) in [4.78, 5) is 46.8. The molecule has 1 aliphatic carbocycles. The number of aromatic carboxylic acids is 4. The Morgan fingerprint density at radius 3 is 1.11 bits per heavy atom. The average Bonchev–Trinajstić information content (AvgIpc) is 0.734. The van der Waals surface area contributed by atoms with Crippen molar-refractivity contribution in [3.8, 4) is 85.5 Å². The molecule has 0 saturated carbocycles. The topological polar surface area (TPSA) is 339 Å². The van der Waals surface area contributed by atoms with Crippen molar-refractivity contribution in [2.24, 2.45) is 5.41 Å². The fourth-order valence-corrected chi connectivity index (χ4v) is 19.8. The minimum Gasteiger partial charge on any atom is -0.508 e. The first kappa shape index (κ1) is 124. The molecular formula is C131H178O19. The number of phenolic OH excluding ortho intramolecular Hbond substituents is 4. The Morgan fingerprint density at radius 1 is 0.340 bits per heavy atom. The van der Waals surface area contributed by atoms with Gasteiger partial charge in [0.25, 0.3) is 0 Å². The van der Waals surface area contributed by atoms with Crippen LogP contribution in [0.3, 0.4) is 0 Å². The van der Waals surface area contributed by atoms with Gasteiger partial charge in [0.2, 0.25) is 0 Å². The molecule has 8 aromatic rings. The summed E-state index contributed by atoms with van der Waals surface area (Å²) in [5.41, 5.74) is 21.8. The van der Waals surface area contributed by atoms with Crippen LogP contribution >= 0.6 is 0 Å². The smallest absolute Gasteiger partial charge is 0.339 e. The Balaban J connectivity index is 0.000000244. The quantitative estimate of drug-likeness (QED) is 0.0125. The van der Waals surface area contributed by atoms with Crippen LogP contribution < -0.4 is 14.2 Å². The molecule has 3 aliphatic heterocycles. The van der Waals surface area contributed by atoms with Crippen LogP contribution in [0.1, 0.15) is 444 Å². The van der Waals surface area contributed by atoms with Crippen LogP contribution in [0.5, 0.6) is 63.2 Å². The van der Waals surface area contributed by atoms with Gasteiger partial charge in [0.05, 0.1) is 16.7 Å². The third-order valence-corrected chi connectivity index (χ3v) is 28.4. The number of fused-ring (bicyclic) bond motifs is 8. The first-order chi connectivity index (χ1) is 70.9. The predicted octanol–water partition coefficient (Wildman–Crippen LogP) is 34.9. The molecule has 150 heavy (non-hydrogen) atoms. The number of rotatable bonds is 44. The van der Waals surface area contributed by atoms with E-state index in [-0.39, 0.29) is 78.9 Å². The van der Waals surface area contributed by atoms with Gasteiger partial charge in [-0.3, -0.25) is 0 Å². The van der Waals surface area contributed by atoms with E-state index < -0.39 is 35.1 Å². The number of aryl methyl sites for hydroxylation is 8. The van der Waals surface area contributed by atoms with E-state index in [0.29, 0.717) is 94.9 Å². The predicted molar refractivity (Wildman–Crippen MR) is 615 cm³/mol. The molecule has 0 fully saturated rings. The molecule has 12 N–H and O–H groups in total. The second-order valence-electron chi connectivity index (χ2n) is 44.0. The van der Waals surface area contributed by atoms with Crippen LogP contribution in [-0.4, -0.2) is 90.8 Å². The zero-order valence-corrected chi connectivity index (χ0v) is 94.8. The standard InChI is InChI=1S/C22H26O4.C22H30O4.2C22H32O4.C22H32O.C21H26O2/c1-5-6-7-8-14-12-17-19(20(23)18(14)21(24)25)15-11-13(2)9-10-16(15)22(3,4)26-17;1-5-6-7-10-16-14-18-17(20(23)19(16)21(24)25)11-13-22(4,26-18)12-8-9-15(2)3;2*1-5-6-7-11-17-14-19(23)18(21(24)20(17)22(25)26)13-12-16(4)10-8-9-15(2)3;1-5-6-7-10-18-14-19-16-22(4,12-8-9-17(2)3)13-11-20(19)21(23)15-18;1-5-6-7-8-15-12-18(22)20-16-11-14(2)9-10-17(16)21(3,4)23-19(20)13-15/h9-12,23H,5-8H2,1-4H3,(H,24,25);9,11,13-14,23H,5-8,10,12H2,1-4H3,(H,24,25);2*9,12,14,23-24H,5-8,10-11,13H2,1-4H3,(H,25,26);9,11,13-15,23H,5-8,10,12,16H2,1-4H3;9-13,22H,5-8H2,1-4H3/b;;2*16-12+;;. The Kier molecular flexibility index (Phi) is 49.1. The molecule has 0 amide bonds. The maximum Gasteiger partial charge on any atom is 0.339 e. The monoisotopic (exact) mass is 2060 g/mol. The van der Waals surface area contributed by atoms with Crippen molar-refractivity contribution >= 4 is 36.0 Å². The van der Waals surface area contributed by atoms with Crippen molar-refractivity contribution < 1.29 is 94.7 Å². The summed E-state index contributed by atoms with van der Waals surface area (Å²) in [5.74, 6) is -2.85. The maximum atomic E-state index is 11.9. The lowest BCUT2D eigenvalue weighted by Gasteiger charge is -2.36. The number of benzene rings is 8. The zero-order chi connectivity index (χ0) is 111. The highest BCUT2D eigenvalue weighted by Gasteiger charge is 2.39. The molecule has 816 valence electrons. The van der Waals surface area contributed by atoms with E-state index in [9.17, 15) is 80.5 Å². The lowest BCUT2D eigenvalue weighted by molar-refractivity contribution is 0.0680. The third-order valence-electron chi connectivity index (χ3n) is 28.4. The molecule has 4 aliphatic rings. The summed E-state index contributed by atoms with van der Waals surface area (Å²) in [5, 5.41) is 122. The van der Waals surface area contributed by atoms with Gasteiger partial charge < -0.3 is 75.5 Å². The number of phenols is 8. The number of carbonyl (C=O) groups is 4. The van der Waals surface area contributed by atoms with Gasteiger partial charge >= 0.3 is 23.9 Å². The minimum atomic E-state index is -1.15. The number of ether oxygens (including phenoxy) is 3. The lowest BCUT2D eigenvalue weighted by atomic mass is 9.74. The second kappa shape index (κ2) is 59.2. The van der Waals surface area contributed by atoms with E-state index in [1.807, 2.05) is 90.1 Å². The largest absolute Gasteiger partial charge is 0.508 e. The summed E-state index contributed by atoms with van der Waals surface area (Å²) < 4.78 is 18.6. The highest BCUT2D eigenvalue weighted by Crippen LogP contribution is 2.54. The van der Waals surface area contributed by atoms with Gasteiger partial charge in [-0.1, -0.05) is 261 Å². The van der Waals surface area contributed by atoms with Gasteiger partial charge in [0, 0.05) is 27.8 Å². The van der Waals surface area contributed by atoms with Crippen molar-refractivity contribution in [3.63, 3.8) is 0 Å². The van der Waals surface area contributed by atoms with Crippen molar-refractivity contribution in [3.05, 3.63) is 273 Å². The van der Waals surface area contributed by atoms with Gasteiger partial charge in [0.1, 0.15) is 102 Å². The molecule has 0 spiro atoms. The van der Waals surface area contributed by atoms with Crippen LogP contribution in [0.4, 0.5) is 0 Å². The summed E-state index contributed by atoms with van der Waals surface area (Å²) in [6, 6.07) is 27.3. The second-order valence-corrected chi connectivity index (χ2v) is 44.0. The van der Waals surface area contributed by atoms with E-state index in [2.05, 4.69) is 191 Å². The molecule has 2 unspecified atom stereocenters. The number of unbranched alkanes of at least 4 members (excludes halogenated alkanes) is 12. The highest BCUT2D eigenvalue weighted by atomic mass is 16.5. The van der Waals surface area contributed by atoms with Crippen molar-refractivity contribution in [1.82, 2.24) is 0 Å². The number of allylic oxidation sites excluding steroid dienone is 13. The molecule has 12 rings (SSSR count). The number of hydrogen-bond donors (Lipinski definition) is 12. The summed E-state index contributed by atoms with van der Waals surface area (Å²) in [6.07, 6.45) is 53.4. The van der Waals surface area contributed by atoms with E-state index in [0.717, 1.165) is 216 Å². The lowest BCUT2D eigenvalue weighted by Crippen LogP contribution is -2.32. The Bertz CT molecular complexity index is 6070. The Hall–Kier alpha value is -12.6. The first-order valence-corrected chi connectivity index (χ1v) is 55.0. The highest BCUT2D eigenvalue weighted by molar-refractivity contribution is 5.99. The van der Waals surface area contributed by atoms with Crippen molar-refractivity contribution in [2.75, 3.05) is 0 Å². The van der Waals surface area contributed by atoms with Gasteiger partial charge in [-0.25, -0.2) is 19.2 Å². The Morgan fingerprint density at radius 2 is 0.693 bits per heavy atom. The molecule has 0 radical (unpaired) electrons. The maximum absolute atomic E-state index is 11.9. The minimum absolute atomic E-state index is 0.00115. The van der Waals surface area contributed by atoms with Crippen LogP contribution in [0, 0.1) is 19.3 Å². The van der Waals surface area contributed by atoms with Crippen LogP contribution in [0.15, 0.2) is 167 Å². The van der Waals surface area contributed by atoms with Crippen molar-refractivity contribution in [2.45, 2.75) is 408 Å². The SMILES string of the molecule is CCCCCc1cc(O)c(C/C=C(\C)CCC=C(C)C)c(O)c1C(=O)O.CCCCCc1cc(O)c(C/C=C(\C)CCC=C(C)C)c(O)c1C(=O)O.CCCCCc1cc(O)c2c(c1)CC(C)(CCC=C(C)C)C=C2.CCCCCc1cc(O)c2c(c1)OC(C)(C)c1ccc(C)cc1-2.CCCCCc1cc2c(c(O)c1C(=O)O)-c1cc(C)ccc1C(C)(C)O2.CCCCCc1cc2c(c(O)c1C(=O)O)C=CC(C)(CCC=C(C)C)O2. The number of carboxylic acids is 4. The number of hydrogen-bond acceptors (Lipinski definition) is 15. The van der Waals surface area contributed by atoms with Gasteiger partial charge in [-0.05, 0) is 375 Å². The summed E-state index contributed by atoms with van der Waals surface area (Å²) >= 11 is 0. The third kappa shape index (κ3) is 36.3. The molecule has 3 heterocycles. The van der Waals surface area contributed by atoms with Gasteiger partial charge in [-0.2, -0.15) is 0 Å². The molecule has 19 nitrogen and oxygen atoms in total. The molecule has 19 heteroatoms. The van der Waals surface area contributed by atoms with E-state index in [1.165, 1.54) is 83.2 Å². The van der Waals surface area contributed by atoms with E-state index >= 15 is 0 Å². The average molecular weight is 2060 g/mol. The van der Waals surface area contributed by atoms with Crippen LogP contribution in [-0.2, 0) is 69.0 Å². The van der Waals surface area contributed by atoms with Gasteiger partial charge in [0.15, 0.2) is 0 Å². The van der Waals surface area contributed by atoms with E-state index in [1.54, 1.807) is 18.2 Å². The normalized spacial score (nSPS) is 14.9. The summed E-state index contributed by atoms with van der Waals surface area (Å²) in [6.45, 7) is 50.1. The van der Waals surface area contributed by atoms with Gasteiger partial charge in [-0.15, -0.1) is 0 Å². The molecule has 0 bridgehead atoms. The summed E-state index contributed by atoms with van der Waals surface area (Å²) in [7, 11) is 0. The Labute approximate surface area is 896 Å². The molecule has 0 aromatic heterocycles. The van der Waals surface area contributed by atoms with Crippen molar-refractivity contribution in [1.29, 1.82) is 0 Å². The molecule has 0 saturated heterocycles. The molecule has 8 aromatic carbocycles. The van der Waals surface area contributed by atoms with Crippen LogP contribution in [0.25, 0.3) is 34.4 Å². The van der Waals surface area contributed by atoms with Crippen LogP contribution in [0.2, 0.25) is 0 Å². The number of aromatic hydroxyl groups is 8. The molecule has 2 atom stereocenters. The zero-order valence-electron chi connectivity index (χ0n) is 94.8. The fourth-order valence-electron chi connectivity index (χ4n) is 19.8. The van der Waals surface area contributed by atoms with E-state index in [4.69, 9.17) is 14.2 Å². The first-order valence-electron chi connectivity index (χ1n) is 55.0. The fraction of sp³-hybridized carbons (Fsp3) is 0.481. The number of carboxylic acid groups (broad SMARTS) is 4.